The average Bonchev–Trinajstić information content (AvgIpc) is 3.06. The zero-order valence-electron chi connectivity index (χ0n) is 13.1. The van der Waals surface area contributed by atoms with E-state index in [4.69, 9.17) is 0 Å². The van der Waals surface area contributed by atoms with E-state index in [-0.39, 0.29) is 17.6 Å². The van der Waals surface area contributed by atoms with Gasteiger partial charge in [-0.1, -0.05) is 6.07 Å². The highest BCUT2D eigenvalue weighted by atomic mass is 19.1. The first-order chi connectivity index (χ1) is 11.7. The van der Waals surface area contributed by atoms with Gasteiger partial charge in [0.2, 0.25) is 0 Å². The lowest BCUT2D eigenvalue weighted by Crippen LogP contribution is -2.39. The van der Waals surface area contributed by atoms with Crippen LogP contribution in [0.3, 0.4) is 0 Å². The molecule has 1 fully saturated rings. The maximum absolute atomic E-state index is 13.0. The van der Waals surface area contributed by atoms with Crippen molar-refractivity contribution in [1.29, 1.82) is 0 Å². The fourth-order valence-electron chi connectivity index (χ4n) is 3.29. The first kappa shape index (κ1) is 14.8. The van der Waals surface area contributed by atoms with Gasteiger partial charge in [0.15, 0.2) is 5.65 Å². The highest BCUT2D eigenvalue weighted by Gasteiger charge is 2.28. The number of amides is 1. The van der Waals surface area contributed by atoms with Gasteiger partial charge in [0.1, 0.15) is 11.6 Å². The fraction of sp³-hybridized carbons (Fsp3) is 0.278. The molecule has 6 heteroatoms. The number of nitrogens with zero attached hydrogens (tertiary/aromatic N) is 4. The number of benzene rings is 1. The van der Waals surface area contributed by atoms with Crippen molar-refractivity contribution in [1.82, 2.24) is 19.5 Å². The summed E-state index contributed by atoms with van der Waals surface area (Å²) in [6.07, 6.45) is 3.84. The second kappa shape index (κ2) is 6.03. The fourth-order valence-corrected chi connectivity index (χ4v) is 3.29. The minimum atomic E-state index is -0.335. The van der Waals surface area contributed by atoms with Crippen LogP contribution in [0.25, 0.3) is 5.65 Å². The standard InChI is InChI=1S/C18H17FN4O/c19-15-8-6-13(7-9-15)18(24)22-10-3-4-14(12-22)17-21-20-16-5-1-2-11-23(16)17/h1-2,5-9,11,14H,3-4,10,12H2/t14-/m0/s1. The number of carbonyl (C=O) groups is 1. The Morgan fingerprint density at radius 1 is 1.12 bits per heavy atom. The Morgan fingerprint density at radius 2 is 1.96 bits per heavy atom. The van der Waals surface area contributed by atoms with Crippen LogP contribution in [-0.4, -0.2) is 38.5 Å². The molecule has 0 saturated carbocycles. The Kier molecular flexibility index (Phi) is 3.72. The van der Waals surface area contributed by atoms with E-state index in [0.29, 0.717) is 18.7 Å². The third-order valence-electron chi connectivity index (χ3n) is 4.51. The molecule has 0 radical (unpaired) electrons. The first-order valence-corrected chi connectivity index (χ1v) is 8.07. The zero-order chi connectivity index (χ0) is 16.5. The van der Waals surface area contributed by atoms with Crippen LogP contribution >= 0.6 is 0 Å². The summed E-state index contributed by atoms with van der Waals surface area (Å²) in [6.45, 7) is 1.31. The number of halogens is 1. The highest BCUT2D eigenvalue weighted by Crippen LogP contribution is 2.27. The molecule has 24 heavy (non-hydrogen) atoms. The van der Waals surface area contributed by atoms with Crippen molar-refractivity contribution in [3.63, 3.8) is 0 Å². The van der Waals surface area contributed by atoms with Gasteiger partial charge >= 0.3 is 0 Å². The van der Waals surface area contributed by atoms with E-state index in [1.807, 2.05) is 33.7 Å². The Balaban J connectivity index is 1.57. The number of aromatic nitrogens is 3. The van der Waals surface area contributed by atoms with Gasteiger partial charge < -0.3 is 4.90 Å². The van der Waals surface area contributed by atoms with E-state index in [2.05, 4.69) is 10.2 Å². The summed E-state index contributed by atoms with van der Waals surface area (Å²) in [4.78, 5) is 14.5. The molecule has 0 N–H and O–H groups in total. The lowest BCUT2D eigenvalue weighted by atomic mass is 9.96. The van der Waals surface area contributed by atoms with Crippen molar-refractivity contribution in [3.8, 4) is 0 Å². The van der Waals surface area contributed by atoms with Crippen LogP contribution in [0.1, 0.15) is 34.9 Å². The molecule has 0 bridgehead atoms. The quantitative estimate of drug-likeness (QED) is 0.728. The van der Waals surface area contributed by atoms with E-state index in [1.165, 1.54) is 24.3 Å². The van der Waals surface area contributed by atoms with Gasteiger partial charge in [-0.15, -0.1) is 10.2 Å². The molecule has 1 saturated heterocycles. The second-order valence-corrected chi connectivity index (χ2v) is 6.08. The molecule has 1 aromatic carbocycles. The summed E-state index contributed by atoms with van der Waals surface area (Å²) >= 11 is 0. The molecule has 0 unspecified atom stereocenters. The van der Waals surface area contributed by atoms with Crippen molar-refractivity contribution < 1.29 is 9.18 Å². The topological polar surface area (TPSA) is 50.5 Å². The first-order valence-electron chi connectivity index (χ1n) is 8.07. The molecule has 3 heterocycles. The van der Waals surface area contributed by atoms with Crippen molar-refractivity contribution in [2.45, 2.75) is 18.8 Å². The van der Waals surface area contributed by atoms with Gasteiger partial charge in [0.05, 0.1) is 0 Å². The summed E-state index contributed by atoms with van der Waals surface area (Å²) in [5.41, 5.74) is 1.33. The van der Waals surface area contributed by atoms with Crippen molar-refractivity contribution in [3.05, 3.63) is 65.9 Å². The Hall–Kier alpha value is -2.76. The maximum Gasteiger partial charge on any atom is 0.253 e. The number of fused-ring (bicyclic) bond motifs is 1. The SMILES string of the molecule is O=C(c1ccc(F)cc1)N1CCC[C@H](c2nnc3ccccn23)C1. The van der Waals surface area contributed by atoms with Gasteiger partial charge in [-0.3, -0.25) is 9.20 Å². The van der Waals surface area contributed by atoms with Crippen LogP contribution in [0.2, 0.25) is 0 Å². The van der Waals surface area contributed by atoms with E-state index in [9.17, 15) is 9.18 Å². The molecule has 0 spiro atoms. The van der Waals surface area contributed by atoms with Crippen LogP contribution in [0.5, 0.6) is 0 Å². The van der Waals surface area contributed by atoms with Crippen LogP contribution in [0, 0.1) is 5.82 Å². The molecule has 2 aromatic heterocycles. The molecule has 122 valence electrons. The smallest absolute Gasteiger partial charge is 0.253 e. The number of carbonyl (C=O) groups excluding carboxylic acids is 1. The Bertz CT molecular complexity index is 874. The minimum absolute atomic E-state index is 0.0616. The minimum Gasteiger partial charge on any atom is -0.338 e. The molecule has 1 amide bonds. The molecule has 5 nitrogen and oxygen atoms in total. The number of rotatable bonds is 2. The molecular weight excluding hydrogens is 307 g/mol. The predicted molar refractivity (Wildman–Crippen MR) is 87.3 cm³/mol. The van der Waals surface area contributed by atoms with Crippen molar-refractivity contribution in [2.75, 3.05) is 13.1 Å². The molecule has 1 aliphatic rings. The maximum atomic E-state index is 13.0. The van der Waals surface area contributed by atoms with E-state index < -0.39 is 0 Å². The van der Waals surface area contributed by atoms with E-state index >= 15 is 0 Å². The lowest BCUT2D eigenvalue weighted by molar-refractivity contribution is 0.0704. The van der Waals surface area contributed by atoms with E-state index in [1.54, 1.807) is 0 Å². The third kappa shape index (κ3) is 2.64. The van der Waals surface area contributed by atoms with Gasteiger partial charge in [0, 0.05) is 30.8 Å². The zero-order valence-corrected chi connectivity index (χ0v) is 13.1. The lowest BCUT2D eigenvalue weighted by Gasteiger charge is -2.32. The number of hydrogen-bond donors (Lipinski definition) is 0. The number of pyridine rings is 1. The summed E-state index contributed by atoms with van der Waals surface area (Å²) < 4.78 is 15.0. The second-order valence-electron chi connectivity index (χ2n) is 6.08. The molecular formula is C18H17FN4O. The van der Waals surface area contributed by atoms with Crippen LogP contribution in [-0.2, 0) is 0 Å². The average molecular weight is 324 g/mol. The van der Waals surface area contributed by atoms with Crippen LogP contribution < -0.4 is 0 Å². The van der Waals surface area contributed by atoms with Gasteiger partial charge in [-0.25, -0.2) is 4.39 Å². The molecule has 1 atom stereocenters. The van der Waals surface area contributed by atoms with Crippen LogP contribution in [0.15, 0.2) is 48.7 Å². The predicted octanol–water partition coefficient (Wildman–Crippen LogP) is 2.89. The third-order valence-corrected chi connectivity index (χ3v) is 4.51. The van der Waals surface area contributed by atoms with Crippen molar-refractivity contribution >= 4 is 11.6 Å². The van der Waals surface area contributed by atoms with Gasteiger partial charge in [-0.05, 0) is 49.2 Å². The molecule has 3 aromatic rings. The van der Waals surface area contributed by atoms with E-state index in [0.717, 1.165) is 24.3 Å². The van der Waals surface area contributed by atoms with Crippen LogP contribution in [0.4, 0.5) is 4.39 Å². The number of piperidine rings is 1. The van der Waals surface area contributed by atoms with Crippen molar-refractivity contribution in [2.24, 2.45) is 0 Å². The molecule has 0 aliphatic carbocycles. The largest absolute Gasteiger partial charge is 0.338 e. The Labute approximate surface area is 138 Å². The van der Waals surface area contributed by atoms with Gasteiger partial charge in [-0.2, -0.15) is 0 Å². The number of likely N-dealkylation sites (tertiary alicyclic amines) is 1. The monoisotopic (exact) mass is 324 g/mol. The Morgan fingerprint density at radius 3 is 2.79 bits per heavy atom. The summed E-state index contributed by atoms with van der Waals surface area (Å²) in [6, 6.07) is 11.5. The molecule has 1 aliphatic heterocycles. The number of hydrogen-bond acceptors (Lipinski definition) is 3. The summed E-state index contributed by atoms with van der Waals surface area (Å²) in [5, 5.41) is 8.52. The summed E-state index contributed by atoms with van der Waals surface area (Å²) in [5.74, 6) is 0.647. The normalized spacial score (nSPS) is 18.0. The summed E-state index contributed by atoms with van der Waals surface area (Å²) in [7, 11) is 0. The van der Waals surface area contributed by atoms with Gasteiger partial charge in [0.25, 0.3) is 5.91 Å². The molecule has 4 rings (SSSR count). The highest BCUT2D eigenvalue weighted by molar-refractivity contribution is 5.94.